The van der Waals surface area contributed by atoms with Crippen LogP contribution in [0.4, 0.5) is 0 Å². The van der Waals surface area contributed by atoms with Crippen LogP contribution in [-0.2, 0) is 0 Å². The zero-order chi connectivity index (χ0) is 20.8. The molecule has 0 spiro atoms. The van der Waals surface area contributed by atoms with Gasteiger partial charge >= 0.3 is 5.97 Å². The molecule has 5 aromatic rings. The van der Waals surface area contributed by atoms with E-state index in [0.717, 1.165) is 32.3 Å². The molecule has 4 nitrogen and oxygen atoms in total. The SMILES string of the molecule is Cc1c(-c2cc(C(=O)O)c3cc(Br)ccc3n2)c2ccccc2n1-c1ccccc1. The highest BCUT2D eigenvalue weighted by Gasteiger charge is 2.20. The quantitative estimate of drug-likeness (QED) is 0.332. The van der Waals surface area contributed by atoms with E-state index in [2.05, 4.69) is 51.7 Å². The smallest absolute Gasteiger partial charge is 0.336 e. The largest absolute Gasteiger partial charge is 0.478 e. The molecule has 5 heteroatoms. The monoisotopic (exact) mass is 456 g/mol. The Kier molecular flexibility index (Phi) is 4.40. The normalized spacial score (nSPS) is 11.3. The summed E-state index contributed by atoms with van der Waals surface area (Å²) in [5, 5.41) is 11.5. The van der Waals surface area contributed by atoms with Crippen LogP contribution < -0.4 is 0 Å². The van der Waals surface area contributed by atoms with Crippen molar-refractivity contribution in [1.29, 1.82) is 0 Å². The van der Waals surface area contributed by atoms with Crippen LogP contribution in [-0.4, -0.2) is 20.6 Å². The maximum Gasteiger partial charge on any atom is 0.336 e. The molecule has 2 aromatic heterocycles. The van der Waals surface area contributed by atoms with Gasteiger partial charge in [0.15, 0.2) is 0 Å². The van der Waals surface area contributed by atoms with Gasteiger partial charge in [-0.2, -0.15) is 0 Å². The molecule has 0 fully saturated rings. The van der Waals surface area contributed by atoms with Gasteiger partial charge in [0.25, 0.3) is 0 Å². The molecule has 2 heterocycles. The van der Waals surface area contributed by atoms with E-state index in [1.807, 2.05) is 42.5 Å². The Hall–Kier alpha value is -3.44. The van der Waals surface area contributed by atoms with E-state index in [4.69, 9.17) is 4.98 Å². The molecule has 0 saturated heterocycles. The number of benzene rings is 3. The molecule has 146 valence electrons. The topological polar surface area (TPSA) is 55.1 Å². The Morgan fingerprint density at radius 1 is 0.933 bits per heavy atom. The third-order valence-corrected chi connectivity index (χ3v) is 5.88. The molecule has 0 atom stereocenters. The van der Waals surface area contributed by atoms with Gasteiger partial charge in [-0.05, 0) is 49.4 Å². The van der Waals surface area contributed by atoms with Crippen LogP contribution in [0.3, 0.4) is 0 Å². The van der Waals surface area contributed by atoms with Gasteiger partial charge in [0.05, 0.1) is 22.3 Å². The predicted octanol–water partition coefficient (Wildman–Crippen LogP) is 6.61. The molecule has 30 heavy (non-hydrogen) atoms. The van der Waals surface area contributed by atoms with Crippen molar-refractivity contribution < 1.29 is 9.90 Å². The summed E-state index contributed by atoms with van der Waals surface area (Å²) in [4.78, 5) is 16.9. The van der Waals surface area contributed by atoms with E-state index in [1.165, 1.54) is 0 Å². The van der Waals surface area contributed by atoms with Crippen molar-refractivity contribution in [3.05, 3.63) is 94.6 Å². The minimum absolute atomic E-state index is 0.243. The maximum atomic E-state index is 12.0. The summed E-state index contributed by atoms with van der Waals surface area (Å²) in [7, 11) is 0. The molecule has 3 aromatic carbocycles. The molecule has 5 rings (SSSR count). The first kappa shape index (κ1) is 18.6. The van der Waals surface area contributed by atoms with Gasteiger partial charge in [0.1, 0.15) is 0 Å². The summed E-state index contributed by atoms with van der Waals surface area (Å²) in [6, 6.07) is 25.5. The average Bonchev–Trinajstić information content (AvgIpc) is 3.05. The number of rotatable bonds is 3. The summed E-state index contributed by atoms with van der Waals surface area (Å²) in [5.41, 5.74) is 5.64. The van der Waals surface area contributed by atoms with E-state index < -0.39 is 5.97 Å². The Morgan fingerprint density at radius 2 is 1.67 bits per heavy atom. The van der Waals surface area contributed by atoms with Gasteiger partial charge in [0, 0.05) is 32.2 Å². The van der Waals surface area contributed by atoms with Crippen molar-refractivity contribution in [2.45, 2.75) is 6.92 Å². The van der Waals surface area contributed by atoms with Gasteiger partial charge in [-0.25, -0.2) is 9.78 Å². The number of carbonyl (C=O) groups is 1. The molecule has 0 amide bonds. The molecule has 0 aliphatic carbocycles. The van der Waals surface area contributed by atoms with Crippen LogP contribution in [0.1, 0.15) is 16.1 Å². The molecule has 1 N–H and O–H groups in total. The summed E-state index contributed by atoms with van der Waals surface area (Å²) < 4.78 is 3.02. The number of aromatic nitrogens is 2. The number of pyridine rings is 1. The van der Waals surface area contributed by atoms with Gasteiger partial charge in [-0.3, -0.25) is 0 Å². The highest BCUT2D eigenvalue weighted by Crippen LogP contribution is 2.37. The van der Waals surface area contributed by atoms with Crippen molar-refractivity contribution >= 4 is 43.7 Å². The number of halogens is 1. The zero-order valence-corrected chi connectivity index (χ0v) is 17.7. The number of para-hydroxylation sites is 2. The molecule has 0 saturated carbocycles. The molecule has 0 bridgehead atoms. The molecular formula is C25H17BrN2O2. The fourth-order valence-electron chi connectivity index (χ4n) is 4.10. The average molecular weight is 457 g/mol. The molecule has 0 aliphatic rings. The fraction of sp³-hybridized carbons (Fsp3) is 0.0400. The molecule has 0 unspecified atom stereocenters. The van der Waals surface area contributed by atoms with Crippen molar-refractivity contribution in [1.82, 2.24) is 9.55 Å². The number of nitrogens with zero attached hydrogens (tertiary/aromatic N) is 2. The maximum absolute atomic E-state index is 12.0. The number of carboxylic acids is 1. The van der Waals surface area contributed by atoms with Gasteiger partial charge in [0.2, 0.25) is 0 Å². The van der Waals surface area contributed by atoms with Gasteiger partial charge in [-0.15, -0.1) is 0 Å². The highest BCUT2D eigenvalue weighted by atomic mass is 79.9. The lowest BCUT2D eigenvalue weighted by Gasteiger charge is -2.10. The van der Waals surface area contributed by atoms with E-state index in [-0.39, 0.29) is 5.56 Å². The van der Waals surface area contributed by atoms with Gasteiger partial charge in [-0.1, -0.05) is 52.3 Å². The molecule has 0 aliphatic heterocycles. The van der Waals surface area contributed by atoms with Crippen LogP contribution in [0.25, 0.3) is 38.8 Å². The van der Waals surface area contributed by atoms with Crippen molar-refractivity contribution in [2.75, 3.05) is 0 Å². The Labute approximate surface area is 181 Å². The Bertz CT molecular complexity index is 1440. The molecule has 0 radical (unpaired) electrons. The lowest BCUT2D eigenvalue weighted by Crippen LogP contribution is -2.01. The van der Waals surface area contributed by atoms with Gasteiger partial charge < -0.3 is 9.67 Å². The second-order valence-electron chi connectivity index (χ2n) is 7.17. The summed E-state index contributed by atoms with van der Waals surface area (Å²) in [6.45, 7) is 2.05. The first-order chi connectivity index (χ1) is 14.5. The van der Waals surface area contributed by atoms with Crippen LogP contribution in [0.15, 0.2) is 83.3 Å². The second kappa shape index (κ2) is 7.11. The number of fused-ring (bicyclic) bond motifs is 2. The lowest BCUT2D eigenvalue weighted by atomic mass is 10.0. The molecular weight excluding hydrogens is 440 g/mol. The van der Waals surface area contributed by atoms with Crippen LogP contribution in [0, 0.1) is 6.92 Å². The Morgan fingerprint density at radius 3 is 2.43 bits per heavy atom. The fourth-order valence-corrected chi connectivity index (χ4v) is 4.46. The highest BCUT2D eigenvalue weighted by molar-refractivity contribution is 9.10. The number of hydrogen-bond donors (Lipinski definition) is 1. The van der Waals surface area contributed by atoms with E-state index >= 15 is 0 Å². The zero-order valence-electron chi connectivity index (χ0n) is 16.1. The number of hydrogen-bond acceptors (Lipinski definition) is 2. The second-order valence-corrected chi connectivity index (χ2v) is 8.09. The first-order valence-corrected chi connectivity index (χ1v) is 10.3. The van der Waals surface area contributed by atoms with Crippen molar-refractivity contribution in [3.63, 3.8) is 0 Å². The Balaban J connectivity index is 1.87. The summed E-state index contributed by atoms with van der Waals surface area (Å²) >= 11 is 3.43. The predicted molar refractivity (Wildman–Crippen MR) is 123 cm³/mol. The van der Waals surface area contributed by atoms with Crippen LogP contribution in [0.5, 0.6) is 0 Å². The van der Waals surface area contributed by atoms with Crippen molar-refractivity contribution in [2.24, 2.45) is 0 Å². The third-order valence-electron chi connectivity index (χ3n) is 5.38. The number of carboxylic acid groups (broad SMARTS) is 1. The van der Waals surface area contributed by atoms with Crippen LogP contribution in [0.2, 0.25) is 0 Å². The minimum atomic E-state index is -0.966. The van der Waals surface area contributed by atoms with E-state index in [9.17, 15) is 9.90 Å². The first-order valence-electron chi connectivity index (χ1n) is 9.54. The standard InChI is InChI=1S/C25H17BrN2O2/c1-15-24(18-9-5-6-10-23(18)28(15)17-7-3-2-4-8-17)22-14-20(25(29)30)19-13-16(26)11-12-21(19)27-22/h2-14H,1H3,(H,29,30). The van der Waals surface area contributed by atoms with Crippen LogP contribution >= 0.6 is 15.9 Å². The number of aromatic carboxylic acids is 1. The van der Waals surface area contributed by atoms with E-state index in [1.54, 1.807) is 12.1 Å². The minimum Gasteiger partial charge on any atom is -0.478 e. The summed E-state index contributed by atoms with van der Waals surface area (Å²) in [6.07, 6.45) is 0. The lowest BCUT2D eigenvalue weighted by molar-refractivity contribution is 0.0699. The summed E-state index contributed by atoms with van der Waals surface area (Å²) in [5.74, 6) is -0.966. The van der Waals surface area contributed by atoms with E-state index in [0.29, 0.717) is 16.6 Å². The third kappa shape index (κ3) is 2.90. The van der Waals surface area contributed by atoms with Crippen molar-refractivity contribution in [3.8, 4) is 16.9 Å².